The third-order valence-corrected chi connectivity index (χ3v) is 5.09. The Hall–Kier alpha value is -1.56. The zero-order chi connectivity index (χ0) is 14.9. The van der Waals surface area contributed by atoms with E-state index in [0.29, 0.717) is 5.69 Å². The average molecular weight is 296 g/mol. The molecule has 0 unspecified atom stereocenters. The lowest BCUT2D eigenvalue weighted by Crippen LogP contribution is -2.36. The van der Waals surface area contributed by atoms with Crippen molar-refractivity contribution in [3.63, 3.8) is 0 Å². The molecule has 0 aromatic heterocycles. The van der Waals surface area contributed by atoms with Crippen LogP contribution in [0.15, 0.2) is 24.3 Å². The van der Waals surface area contributed by atoms with Crippen molar-refractivity contribution in [3.05, 3.63) is 24.3 Å². The number of anilines is 2. The third-order valence-electron chi connectivity index (χ3n) is 3.88. The molecule has 0 radical (unpaired) electrons. The number of carbonyl (C=O) groups is 1. The first kappa shape index (κ1) is 14.8. The Morgan fingerprint density at radius 1 is 1.10 bits per heavy atom. The highest BCUT2D eigenvalue weighted by atomic mass is 32.2. The van der Waals surface area contributed by atoms with Crippen molar-refractivity contribution >= 4 is 27.3 Å². The molecule has 6 heteroatoms. The number of benzene rings is 1. The van der Waals surface area contributed by atoms with Gasteiger partial charge in [-0.2, -0.15) is 0 Å². The number of amides is 1. The fraction of sp³-hybridized carbons (Fsp3) is 0.500. The molecule has 2 rings (SSSR count). The lowest BCUT2D eigenvalue weighted by atomic mass is 9.84. The molecule has 1 fully saturated rings. The van der Waals surface area contributed by atoms with Crippen LogP contribution < -0.4 is 9.21 Å². The monoisotopic (exact) mass is 296 g/mol. The van der Waals surface area contributed by atoms with E-state index in [-0.39, 0.29) is 11.8 Å². The van der Waals surface area contributed by atoms with E-state index in [9.17, 15) is 13.2 Å². The molecule has 1 amide bonds. The Morgan fingerprint density at radius 2 is 1.60 bits per heavy atom. The molecule has 1 aliphatic carbocycles. The fourth-order valence-corrected chi connectivity index (χ4v) is 2.64. The van der Waals surface area contributed by atoms with Gasteiger partial charge in [0.2, 0.25) is 15.9 Å². The molecule has 0 saturated heterocycles. The van der Waals surface area contributed by atoms with Crippen molar-refractivity contribution in [3.8, 4) is 0 Å². The predicted octanol–water partition coefficient (Wildman–Crippen LogP) is 1.85. The molecule has 1 aromatic carbocycles. The summed E-state index contributed by atoms with van der Waals surface area (Å²) in [4.78, 5) is 13.8. The minimum atomic E-state index is -3.26. The van der Waals surface area contributed by atoms with Crippen molar-refractivity contribution in [2.75, 3.05) is 29.6 Å². The number of carbonyl (C=O) groups excluding carboxylic acids is 1. The Morgan fingerprint density at radius 3 is 2.00 bits per heavy atom. The van der Waals surface area contributed by atoms with Crippen LogP contribution in [0.25, 0.3) is 0 Å². The molecular weight excluding hydrogens is 276 g/mol. The predicted molar refractivity (Wildman–Crippen MR) is 80.4 cm³/mol. The van der Waals surface area contributed by atoms with Crippen LogP contribution in [0.2, 0.25) is 0 Å². The van der Waals surface area contributed by atoms with Gasteiger partial charge < -0.3 is 4.90 Å². The van der Waals surface area contributed by atoms with E-state index in [2.05, 4.69) is 0 Å². The van der Waals surface area contributed by atoms with E-state index in [1.165, 1.54) is 11.4 Å². The first-order valence-electron chi connectivity index (χ1n) is 6.62. The molecule has 0 atom stereocenters. The van der Waals surface area contributed by atoms with Gasteiger partial charge in [0.05, 0.1) is 11.9 Å². The molecule has 0 aliphatic heterocycles. The van der Waals surface area contributed by atoms with Crippen molar-refractivity contribution in [2.45, 2.75) is 19.3 Å². The Balaban J connectivity index is 2.13. The Bertz CT molecular complexity index is 591. The third kappa shape index (κ3) is 2.95. The van der Waals surface area contributed by atoms with Crippen molar-refractivity contribution in [1.29, 1.82) is 0 Å². The summed E-state index contributed by atoms with van der Waals surface area (Å²) in [5.41, 5.74) is 1.37. The van der Waals surface area contributed by atoms with Crippen LogP contribution in [0.1, 0.15) is 19.3 Å². The van der Waals surface area contributed by atoms with Crippen LogP contribution >= 0.6 is 0 Å². The summed E-state index contributed by atoms with van der Waals surface area (Å²) >= 11 is 0. The zero-order valence-corrected chi connectivity index (χ0v) is 12.9. The molecule has 1 saturated carbocycles. The highest BCUT2D eigenvalue weighted by molar-refractivity contribution is 7.92. The number of hydrogen-bond acceptors (Lipinski definition) is 3. The van der Waals surface area contributed by atoms with Gasteiger partial charge in [0, 0.05) is 25.7 Å². The van der Waals surface area contributed by atoms with Crippen molar-refractivity contribution in [1.82, 2.24) is 0 Å². The van der Waals surface area contributed by atoms with Gasteiger partial charge in [0.1, 0.15) is 0 Å². The Kier molecular flexibility index (Phi) is 4.04. The van der Waals surface area contributed by atoms with Crippen LogP contribution in [0.3, 0.4) is 0 Å². The maximum atomic E-state index is 12.1. The minimum absolute atomic E-state index is 0.139. The molecule has 0 heterocycles. The Labute approximate surface area is 120 Å². The molecule has 0 N–H and O–H groups in total. The minimum Gasteiger partial charge on any atom is -0.315 e. The smallest absolute Gasteiger partial charge is 0.231 e. The largest absolute Gasteiger partial charge is 0.315 e. The summed E-state index contributed by atoms with van der Waals surface area (Å²) in [6.07, 6.45) is 4.23. The maximum absolute atomic E-state index is 12.1. The van der Waals surface area contributed by atoms with Gasteiger partial charge in [-0.25, -0.2) is 8.42 Å². The number of sulfonamides is 1. The van der Waals surface area contributed by atoms with Gasteiger partial charge in [-0.15, -0.1) is 0 Å². The summed E-state index contributed by atoms with van der Waals surface area (Å²) in [5, 5.41) is 0. The molecule has 0 spiro atoms. The molecule has 1 aliphatic rings. The lowest BCUT2D eigenvalue weighted by Gasteiger charge is -2.29. The first-order chi connectivity index (χ1) is 9.30. The number of nitrogens with zero attached hydrogens (tertiary/aromatic N) is 2. The summed E-state index contributed by atoms with van der Waals surface area (Å²) < 4.78 is 24.1. The summed E-state index contributed by atoms with van der Waals surface area (Å²) in [5.74, 6) is 0.291. The molecule has 5 nitrogen and oxygen atoms in total. The summed E-state index contributed by atoms with van der Waals surface area (Å²) in [7, 11) is 0.00659. The van der Waals surface area contributed by atoms with Gasteiger partial charge in [-0.3, -0.25) is 9.10 Å². The molecular formula is C14H20N2O3S. The topological polar surface area (TPSA) is 57.7 Å². The van der Waals surface area contributed by atoms with E-state index in [0.717, 1.165) is 31.2 Å². The normalized spacial score (nSPS) is 15.6. The molecule has 1 aromatic rings. The van der Waals surface area contributed by atoms with Gasteiger partial charge in [-0.1, -0.05) is 6.42 Å². The van der Waals surface area contributed by atoms with E-state index < -0.39 is 10.0 Å². The van der Waals surface area contributed by atoms with Gasteiger partial charge in [0.25, 0.3) is 0 Å². The second-order valence-electron chi connectivity index (χ2n) is 5.27. The van der Waals surface area contributed by atoms with Crippen LogP contribution in [-0.4, -0.2) is 34.7 Å². The van der Waals surface area contributed by atoms with Gasteiger partial charge in [-0.05, 0) is 37.1 Å². The maximum Gasteiger partial charge on any atom is 0.231 e. The number of rotatable bonds is 4. The summed E-state index contributed by atoms with van der Waals surface area (Å²) in [6.45, 7) is 0. The SMILES string of the molecule is CN(C(=O)C1CCC1)c1ccc(N(C)S(C)(=O)=O)cc1. The quantitative estimate of drug-likeness (QED) is 0.852. The van der Waals surface area contributed by atoms with E-state index in [1.54, 1.807) is 36.2 Å². The highest BCUT2D eigenvalue weighted by Gasteiger charge is 2.28. The van der Waals surface area contributed by atoms with Crippen molar-refractivity contribution in [2.24, 2.45) is 5.92 Å². The van der Waals surface area contributed by atoms with E-state index in [1.807, 2.05) is 0 Å². The lowest BCUT2D eigenvalue weighted by molar-refractivity contribution is -0.124. The molecule has 0 bridgehead atoms. The van der Waals surface area contributed by atoms with Crippen LogP contribution in [0.5, 0.6) is 0 Å². The fourth-order valence-electron chi connectivity index (χ4n) is 2.13. The zero-order valence-electron chi connectivity index (χ0n) is 12.0. The second kappa shape index (κ2) is 5.44. The van der Waals surface area contributed by atoms with Gasteiger partial charge in [0.15, 0.2) is 0 Å². The van der Waals surface area contributed by atoms with Crippen LogP contribution in [-0.2, 0) is 14.8 Å². The van der Waals surface area contributed by atoms with E-state index >= 15 is 0 Å². The molecule has 20 heavy (non-hydrogen) atoms. The second-order valence-corrected chi connectivity index (χ2v) is 7.29. The van der Waals surface area contributed by atoms with Gasteiger partial charge >= 0.3 is 0 Å². The van der Waals surface area contributed by atoms with Crippen molar-refractivity contribution < 1.29 is 13.2 Å². The highest BCUT2D eigenvalue weighted by Crippen LogP contribution is 2.30. The van der Waals surface area contributed by atoms with Crippen LogP contribution in [0.4, 0.5) is 11.4 Å². The summed E-state index contributed by atoms with van der Waals surface area (Å²) in [6, 6.07) is 6.96. The molecule has 110 valence electrons. The first-order valence-corrected chi connectivity index (χ1v) is 8.47. The average Bonchev–Trinajstić information content (AvgIpc) is 2.34. The standard InChI is InChI=1S/C14H20N2O3S/c1-15(14(17)11-5-4-6-11)12-7-9-13(10-8-12)16(2)20(3,18)19/h7-11H,4-6H2,1-3H3. The van der Waals surface area contributed by atoms with E-state index in [4.69, 9.17) is 0 Å². The van der Waals surface area contributed by atoms with Crippen LogP contribution in [0, 0.1) is 5.92 Å². The number of hydrogen-bond donors (Lipinski definition) is 0.